The molecule has 0 aromatic carbocycles. The van der Waals surface area contributed by atoms with Gasteiger partial charge in [-0.15, -0.1) is 0 Å². The average molecular weight is 159 g/mol. The second-order valence-corrected chi connectivity index (χ2v) is 3.18. The lowest BCUT2D eigenvalue weighted by Gasteiger charge is -2.45. The summed E-state index contributed by atoms with van der Waals surface area (Å²) in [6, 6.07) is 0. The molecule has 4 nitrogen and oxygen atoms in total. The van der Waals surface area contributed by atoms with Crippen molar-refractivity contribution >= 4 is 5.97 Å². The van der Waals surface area contributed by atoms with Crippen molar-refractivity contribution < 1.29 is 14.6 Å². The number of nitrogens with zero attached hydrogens (tertiary/aromatic N) is 1. The maximum atomic E-state index is 10.4. The first kappa shape index (κ1) is 8.49. The van der Waals surface area contributed by atoms with E-state index in [2.05, 4.69) is 0 Å². The van der Waals surface area contributed by atoms with Crippen LogP contribution in [-0.4, -0.2) is 48.8 Å². The Labute approximate surface area is 65.8 Å². The summed E-state index contributed by atoms with van der Waals surface area (Å²) in [6.45, 7) is 1.07. The molecule has 1 rings (SSSR count). The lowest BCUT2D eigenvalue weighted by molar-refractivity contribution is -0.159. The molecule has 0 amide bonds. The number of carboxylic acids is 1. The zero-order valence-corrected chi connectivity index (χ0v) is 6.83. The minimum absolute atomic E-state index is 0.167. The molecule has 0 bridgehead atoms. The molecule has 64 valence electrons. The lowest BCUT2D eigenvalue weighted by atomic mass is 9.92. The summed E-state index contributed by atoms with van der Waals surface area (Å²) in [5.74, 6) is -0.762. The van der Waals surface area contributed by atoms with Crippen molar-refractivity contribution in [3.05, 3.63) is 0 Å². The molecule has 0 aromatic rings. The van der Waals surface area contributed by atoms with Crippen molar-refractivity contribution in [1.82, 2.24) is 4.90 Å². The fourth-order valence-electron chi connectivity index (χ4n) is 1.14. The van der Waals surface area contributed by atoms with Crippen LogP contribution in [-0.2, 0) is 9.53 Å². The highest BCUT2D eigenvalue weighted by atomic mass is 16.5. The molecule has 0 aromatic heterocycles. The molecule has 1 saturated heterocycles. The summed E-state index contributed by atoms with van der Waals surface area (Å²) in [4.78, 5) is 12.4. The average Bonchev–Trinajstić information content (AvgIpc) is 1.77. The van der Waals surface area contributed by atoms with Gasteiger partial charge < -0.3 is 9.84 Å². The van der Waals surface area contributed by atoms with E-state index in [4.69, 9.17) is 9.84 Å². The Balaban J connectivity index is 2.53. The van der Waals surface area contributed by atoms with Crippen LogP contribution in [0.15, 0.2) is 0 Å². The maximum Gasteiger partial charge on any atom is 0.305 e. The monoisotopic (exact) mass is 159 g/mol. The minimum Gasteiger partial charge on any atom is -0.481 e. The first-order valence-electron chi connectivity index (χ1n) is 3.54. The van der Waals surface area contributed by atoms with Gasteiger partial charge in [-0.1, -0.05) is 0 Å². The van der Waals surface area contributed by atoms with Crippen LogP contribution in [0, 0.1) is 0 Å². The van der Waals surface area contributed by atoms with Crippen LogP contribution in [0.1, 0.15) is 6.42 Å². The molecule has 11 heavy (non-hydrogen) atoms. The SMILES string of the molecule is CN(C)C1(CC(=O)O)COC1. The van der Waals surface area contributed by atoms with Gasteiger partial charge >= 0.3 is 5.97 Å². The van der Waals surface area contributed by atoms with E-state index in [-0.39, 0.29) is 12.0 Å². The lowest BCUT2D eigenvalue weighted by Crippen LogP contribution is -2.60. The first-order valence-corrected chi connectivity index (χ1v) is 3.54. The Bertz CT molecular complexity index is 163. The topological polar surface area (TPSA) is 49.8 Å². The highest BCUT2D eigenvalue weighted by molar-refractivity contribution is 5.68. The summed E-state index contributed by atoms with van der Waals surface area (Å²) < 4.78 is 5.00. The number of rotatable bonds is 3. The number of hydrogen-bond acceptors (Lipinski definition) is 3. The van der Waals surface area contributed by atoms with Crippen LogP contribution >= 0.6 is 0 Å². The smallest absolute Gasteiger partial charge is 0.305 e. The molecule has 1 aliphatic heterocycles. The van der Waals surface area contributed by atoms with Gasteiger partial charge in [-0.25, -0.2) is 0 Å². The standard InChI is InChI=1S/C7H13NO3/c1-8(2)7(3-6(9)10)4-11-5-7/h3-5H2,1-2H3,(H,9,10). The van der Waals surface area contributed by atoms with Gasteiger partial charge in [-0.2, -0.15) is 0 Å². The first-order chi connectivity index (χ1) is 5.07. The highest BCUT2D eigenvalue weighted by Gasteiger charge is 2.42. The number of aliphatic carboxylic acids is 1. The van der Waals surface area contributed by atoms with E-state index in [1.165, 1.54) is 0 Å². The number of likely N-dealkylation sites (N-methyl/N-ethyl adjacent to an activating group) is 1. The molecule has 1 aliphatic rings. The van der Waals surface area contributed by atoms with Crippen molar-refractivity contribution in [1.29, 1.82) is 0 Å². The van der Waals surface area contributed by atoms with Crippen LogP contribution < -0.4 is 0 Å². The van der Waals surface area contributed by atoms with Crippen molar-refractivity contribution in [2.45, 2.75) is 12.0 Å². The molecule has 0 atom stereocenters. The van der Waals surface area contributed by atoms with Crippen LogP contribution in [0.5, 0.6) is 0 Å². The summed E-state index contributed by atoms with van der Waals surface area (Å²) in [5.41, 5.74) is -0.244. The van der Waals surface area contributed by atoms with Crippen LogP contribution in [0.3, 0.4) is 0 Å². The molecule has 0 unspecified atom stereocenters. The third kappa shape index (κ3) is 1.52. The van der Waals surface area contributed by atoms with Crippen molar-refractivity contribution in [2.24, 2.45) is 0 Å². The molecule has 0 aliphatic carbocycles. The van der Waals surface area contributed by atoms with Crippen LogP contribution in [0.4, 0.5) is 0 Å². The fourth-order valence-corrected chi connectivity index (χ4v) is 1.14. The summed E-state index contributed by atoms with van der Waals surface area (Å²) in [5, 5.41) is 8.58. The molecule has 0 radical (unpaired) electrons. The van der Waals surface area contributed by atoms with Gasteiger partial charge in [0.2, 0.25) is 0 Å². The number of carbonyl (C=O) groups is 1. The number of carboxylic acid groups (broad SMARTS) is 1. The number of hydrogen-bond donors (Lipinski definition) is 1. The molecule has 0 spiro atoms. The van der Waals surface area contributed by atoms with Gasteiger partial charge in [0, 0.05) is 0 Å². The largest absolute Gasteiger partial charge is 0.481 e. The summed E-state index contributed by atoms with van der Waals surface area (Å²) in [6.07, 6.45) is 0.167. The normalized spacial score (nSPS) is 21.4. The molecule has 1 heterocycles. The molecule has 1 fully saturated rings. The van der Waals surface area contributed by atoms with Gasteiger partial charge in [0.15, 0.2) is 0 Å². The predicted octanol–water partition coefficient (Wildman–Crippen LogP) is -0.208. The van der Waals surface area contributed by atoms with E-state index in [9.17, 15) is 4.79 Å². The third-order valence-corrected chi connectivity index (χ3v) is 2.17. The predicted molar refractivity (Wildman–Crippen MR) is 39.5 cm³/mol. The van der Waals surface area contributed by atoms with E-state index in [1.807, 2.05) is 19.0 Å². The molecule has 1 N–H and O–H groups in total. The zero-order valence-electron chi connectivity index (χ0n) is 6.83. The minimum atomic E-state index is -0.762. The molecular formula is C7H13NO3. The second kappa shape index (κ2) is 2.79. The Hall–Kier alpha value is -0.610. The van der Waals surface area contributed by atoms with E-state index in [0.29, 0.717) is 13.2 Å². The number of ether oxygens (including phenoxy) is 1. The van der Waals surface area contributed by atoms with Crippen molar-refractivity contribution in [3.63, 3.8) is 0 Å². The quantitative estimate of drug-likeness (QED) is 0.619. The Kier molecular flexibility index (Phi) is 2.15. The Morgan fingerprint density at radius 2 is 2.18 bits per heavy atom. The van der Waals surface area contributed by atoms with E-state index < -0.39 is 5.97 Å². The van der Waals surface area contributed by atoms with E-state index >= 15 is 0 Å². The molecular weight excluding hydrogens is 146 g/mol. The van der Waals surface area contributed by atoms with E-state index in [0.717, 1.165) is 0 Å². The van der Waals surface area contributed by atoms with Gasteiger partial charge in [0.05, 0.1) is 25.2 Å². The third-order valence-electron chi connectivity index (χ3n) is 2.17. The summed E-state index contributed by atoms with van der Waals surface area (Å²) in [7, 11) is 3.76. The Morgan fingerprint density at radius 3 is 2.27 bits per heavy atom. The zero-order chi connectivity index (χ0) is 8.48. The van der Waals surface area contributed by atoms with E-state index in [1.54, 1.807) is 0 Å². The van der Waals surface area contributed by atoms with Crippen LogP contribution in [0.2, 0.25) is 0 Å². The van der Waals surface area contributed by atoms with Gasteiger partial charge in [-0.05, 0) is 14.1 Å². The van der Waals surface area contributed by atoms with Gasteiger partial charge in [0.25, 0.3) is 0 Å². The summed E-state index contributed by atoms with van der Waals surface area (Å²) >= 11 is 0. The molecule has 4 heteroatoms. The highest BCUT2D eigenvalue weighted by Crippen LogP contribution is 2.26. The Morgan fingerprint density at radius 1 is 1.64 bits per heavy atom. The fraction of sp³-hybridized carbons (Fsp3) is 0.857. The van der Waals surface area contributed by atoms with Crippen molar-refractivity contribution in [3.8, 4) is 0 Å². The maximum absolute atomic E-state index is 10.4. The second-order valence-electron chi connectivity index (χ2n) is 3.18. The molecule has 0 saturated carbocycles. The van der Waals surface area contributed by atoms with Gasteiger partial charge in [0.1, 0.15) is 0 Å². The van der Waals surface area contributed by atoms with Crippen molar-refractivity contribution in [2.75, 3.05) is 27.3 Å². The van der Waals surface area contributed by atoms with Gasteiger partial charge in [-0.3, -0.25) is 9.69 Å². The van der Waals surface area contributed by atoms with Crippen LogP contribution in [0.25, 0.3) is 0 Å².